The van der Waals surface area contributed by atoms with E-state index in [2.05, 4.69) is 214 Å². The molecule has 0 spiro atoms. The molecule has 7 aromatic carbocycles. The van der Waals surface area contributed by atoms with E-state index < -0.39 is 0 Å². The summed E-state index contributed by atoms with van der Waals surface area (Å²) in [7, 11) is 0. The molecular formula is C56H53NO. The maximum Gasteiger partial charge on any atom is 0.139 e. The Bertz CT molecular complexity index is 2940. The van der Waals surface area contributed by atoms with Crippen LogP contribution in [0.15, 0.2) is 144 Å². The van der Waals surface area contributed by atoms with Crippen molar-refractivity contribution in [3.63, 3.8) is 0 Å². The maximum atomic E-state index is 6.88. The molecule has 1 aromatic heterocycles. The van der Waals surface area contributed by atoms with Gasteiger partial charge in [0.1, 0.15) is 11.2 Å². The molecule has 0 N–H and O–H groups in total. The van der Waals surface area contributed by atoms with Gasteiger partial charge >= 0.3 is 0 Å². The van der Waals surface area contributed by atoms with Crippen molar-refractivity contribution in [2.75, 3.05) is 4.90 Å². The minimum Gasteiger partial charge on any atom is -0.456 e. The Morgan fingerprint density at radius 3 is 1.71 bits per heavy atom. The molecule has 1 heterocycles. The molecule has 10 rings (SSSR count). The average molecular weight is 756 g/mol. The lowest BCUT2D eigenvalue weighted by atomic mass is 9.79. The van der Waals surface area contributed by atoms with Crippen LogP contribution in [0.25, 0.3) is 55.3 Å². The molecule has 0 amide bonds. The average Bonchev–Trinajstić information content (AvgIpc) is 3.75. The molecule has 0 fully saturated rings. The van der Waals surface area contributed by atoms with Gasteiger partial charge in [-0.15, -0.1) is 0 Å². The first-order chi connectivity index (χ1) is 27.5. The van der Waals surface area contributed by atoms with Crippen molar-refractivity contribution < 1.29 is 4.42 Å². The predicted octanol–water partition coefficient (Wildman–Crippen LogP) is 15.9. The summed E-state index contributed by atoms with van der Waals surface area (Å²) in [5.41, 5.74) is 20.8. The van der Waals surface area contributed by atoms with Gasteiger partial charge in [-0.3, -0.25) is 0 Å². The quantitative estimate of drug-likeness (QED) is 0.178. The van der Waals surface area contributed by atoms with Gasteiger partial charge in [-0.1, -0.05) is 154 Å². The molecule has 0 saturated carbocycles. The number of hydrogen-bond donors (Lipinski definition) is 0. The third kappa shape index (κ3) is 5.44. The number of furan rings is 1. The zero-order valence-corrected chi connectivity index (χ0v) is 35.6. The predicted molar refractivity (Wildman–Crippen MR) is 246 cm³/mol. The Labute approximate surface area is 344 Å². The van der Waals surface area contributed by atoms with Crippen LogP contribution >= 0.6 is 0 Å². The highest BCUT2D eigenvalue weighted by Gasteiger charge is 2.39. The molecule has 2 heteroatoms. The lowest BCUT2D eigenvalue weighted by molar-refractivity contribution is 0.559. The summed E-state index contributed by atoms with van der Waals surface area (Å²) in [6.07, 6.45) is 0. The Morgan fingerprint density at radius 2 is 1.00 bits per heavy atom. The highest BCUT2D eigenvalue weighted by molar-refractivity contribution is 6.09. The van der Waals surface area contributed by atoms with E-state index in [-0.39, 0.29) is 21.7 Å². The topological polar surface area (TPSA) is 16.4 Å². The second kappa shape index (κ2) is 12.3. The van der Waals surface area contributed by atoms with Gasteiger partial charge in [-0.25, -0.2) is 0 Å². The molecule has 2 nitrogen and oxygen atoms in total. The second-order valence-corrected chi connectivity index (χ2v) is 19.9. The Balaban J connectivity index is 1.17. The van der Waals surface area contributed by atoms with Crippen LogP contribution in [0, 0.1) is 0 Å². The van der Waals surface area contributed by atoms with Gasteiger partial charge in [0.05, 0.1) is 0 Å². The molecule has 0 unspecified atom stereocenters. The minimum atomic E-state index is -0.189. The van der Waals surface area contributed by atoms with Crippen LogP contribution in [-0.4, -0.2) is 0 Å². The fraction of sp³-hybridized carbons (Fsp3) is 0.250. The molecular weight excluding hydrogens is 703 g/mol. The van der Waals surface area contributed by atoms with Gasteiger partial charge in [-0.05, 0) is 127 Å². The molecule has 8 aromatic rings. The molecule has 0 saturated heterocycles. The summed E-state index contributed by atoms with van der Waals surface area (Å²) in [6.45, 7) is 23.3. The normalized spacial score (nSPS) is 15.0. The van der Waals surface area contributed by atoms with Crippen LogP contribution in [0.1, 0.15) is 103 Å². The summed E-state index contributed by atoms with van der Waals surface area (Å²) in [6, 6.07) is 52.4. The van der Waals surface area contributed by atoms with E-state index in [9.17, 15) is 0 Å². The SMILES string of the molecule is CC(C)(C)c1cc(C(C)(C)C)c2oc3cc4c(cc3c2c1)-c1cc(N(c2ccc(-c3ccccc3)cc2)c2ccc3c(c2)C(C)(C)c2ccccc2-3)ccc1C4(C)C. The molecule has 0 atom stereocenters. The third-order valence-corrected chi connectivity index (χ3v) is 13.3. The fourth-order valence-corrected chi connectivity index (χ4v) is 9.95. The van der Waals surface area contributed by atoms with E-state index in [4.69, 9.17) is 4.42 Å². The van der Waals surface area contributed by atoms with Crippen molar-refractivity contribution in [2.45, 2.75) is 90.9 Å². The van der Waals surface area contributed by atoms with Crippen molar-refractivity contribution >= 4 is 39.0 Å². The van der Waals surface area contributed by atoms with E-state index in [0.29, 0.717) is 0 Å². The van der Waals surface area contributed by atoms with Crippen molar-refractivity contribution in [3.05, 3.63) is 173 Å². The number of anilines is 3. The van der Waals surface area contributed by atoms with Crippen LogP contribution in [-0.2, 0) is 21.7 Å². The second-order valence-electron chi connectivity index (χ2n) is 19.9. The first-order valence-electron chi connectivity index (χ1n) is 20.9. The van der Waals surface area contributed by atoms with Gasteiger partial charge in [0.25, 0.3) is 0 Å². The van der Waals surface area contributed by atoms with E-state index in [0.717, 1.165) is 28.2 Å². The highest BCUT2D eigenvalue weighted by Crippen LogP contribution is 2.54. The fourth-order valence-electron chi connectivity index (χ4n) is 9.95. The zero-order chi connectivity index (χ0) is 40.5. The molecule has 2 aliphatic carbocycles. The summed E-state index contributed by atoms with van der Waals surface area (Å²) in [5, 5.41) is 2.40. The monoisotopic (exact) mass is 755 g/mol. The van der Waals surface area contributed by atoms with Crippen molar-refractivity contribution in [3.8, 4) is 33.4 Å². The van der Waals surface area contributed by atoms with E-state index >= 15 is 0 Å². The maximum absolute atomic E-state index is 6.88. The number of nitrogens with zero attached hydrogens (tertiary/aromatic N) is 1. The number of hydrogen-bond acceptors (Lipinski definition) is 2. The lowest BCUT2D eigenvalue weighted by Crippen LogP contribution is -2.17. The Hall–Kier alpha value is -5.86. The third-order valence-electron chi connectivity index (χ3n) is 13.3. The van der Waals surface area contributed by atoms with Crippen molar-refractivity contribution in [1.29, 1.82) is 0 Å². The first-order valence-corrected chi connectivity index (χ1v) is 20.9. The zero-order valence-electron chi connectivity index (χ0n) is 35.6. The number of benzene rings is 7. The summed E-state index contributed by atoms with van der Waals surface area (Å²) in [5.74, 6) is 0. The molecule has 0 bridgehead atoms. The highest BCUT2D eigenvalue weighted by atomic mass is 16.3. The summed E-state index contributed by atoms with van der Waals surface area (Å²) in [4.78, 5) is 2.45. The molecule has 0 aliphatic heterocycles. The first kappa shape index (κ1) is 36.5. The Morgan fingerprint density at radius 1 is 0.431 bits per heavy atom. The molecule has 2 aliphatic rings. The molecule has 0 radical (unpaired) electrons. The van der Waals surface area contributed by atoms with E-state index in [1.807, 2.05) is 0 Å². The number of fused-ring (bicyclic) bond motifs is 9. The van der Waals surface area contributed by atoms with E-state index in [1.54, 1.807) is 0 Å². The van der Waals surface area contributed by atoms with Gasteiger partial charge < -0.3 is 9.32 Å². The molecule has 58 heavy (non-hydrogen) atoms. The Kier molecular flexibility index (Phi) is 7.75. The van der Waals surface area contributed by atoms with Gasteiger partial charge in [0, 0.05) is 44.2 Å². The molecule has 288 valence electrons. The standard InChI is InChI=1S/C56H53NO/c1-53(2,3)36-28-45-44-32-43-42-30-38(25-27-47(42)56(9,10)49(43)33-51(44)58-52(45)50(29-36)54(4,5)6)57(37-22-20-35(21-23-37)34-16-12-11-13-17-34)39-24-26-41-40-18-14-15-19-46(40)55(7,8)48(41)31-39/h11-33H,1-10H3. The summed E-state index contributed by atoms with van der Waals surface area (Å²) >= 11 is 0. The van der Waals surface area contributed by atoms with Gasteiger partial charge in [-0.2, -0.15) is 0 Å². The smallest absolute Gasteiger partial charge is 0.139 e. The van der Waals surface area contributed by atoms with Crippen LogP contribution < -0.4 is 4.90 Å². The minimum absolute atomic E-state index is 0.0102. The van der Waals surface area contributed by atoms with Gasteiger partial charge in [0.15, 0.2) is 0 Å². The van der Waals surface area contributed by atoms with Crippen LogP contribution in [0.3, 0.4) is 0 Å². The van der Waals surface area contributed by atoms with Crippen LogP contribution in [0.2, 0.25) is 0 Å². The number of rotatable bonds is 4. The van der Waals surface area contributed by atoms with Crippen LogP contribution in [0.5, 0.6) is 0 Å². The van der Waals surface area contributed by atoms with E-state index in [1.165, 1.54) is 77.5 Å². The van der Waals surface area contributed by atoms with Crippen molar-refractivity contribution in [2.24, 2.45) is 0 Å². The van der Waals surface area contributed by atoms with Crippen LogP contribution in [0.4, 0.5) is 17.1 Å². The summed E-state index contributed by atoms with van der Waals surface area (Å²) < 4.78 is 6.88. The van der Waals surface area contributed by atoms with Gasteiger partial charge in [0.2, 0.25) is 0 Å². The lowest BCUT2D eigenvalue weighted by Gasteiger charge is -2.29. The largest absolute Gasteiger partial charge is 0.456 e. The van der Waals surface area contributed by atoms with Crippen molar-refractivity contribution in [1.82, 2.24) is 0 Å².